The summed E-state index contributed by atoms with van der Waals surface area (Å²) in [4.78, 5) is 12.0. The first-order chi connectivity index (χ1) is 8.61. The van der Waals surface area contributed by atoms with E-state index in [1.165, 1.54) is 12.1 Å². The van der Waals surface area contributed by atoms with Crippen LogP contribution in [-0.4, -0.2) is 38.3 Å². The fourth-order valence-corrected chi connectivity index (χ4v) is 2.33. The lowest BCUT2D eigenvalue weighted by Crippen LogP contribution is -2.43. The van der Waals surface area contributed by atoms with Crippen LogP contribution >= 0.6 is 15.9 Å². The van der Waals surface area contributed by atoms with Gasteiger partial charge in [-0.1, -0.05) is 15.9 Å². The Kier molecular flexibility index (Phi) is 4.31. The largest absolute Gasteiger partial charge is 0.378 e. The zero-order valence-corrected chi connectivity index (χ0v) is 11.5. The van der Waals surface area contributed by atoms with Gasteiger partial charge in [0.15, 0.2) is 0 Å². The topological polar surface area (TPSA) is 50.4 Å². The molecule has 0 saturated carbocycles. The summed E-state index contributed by atoms with van der Waals surface area (Å²) in [5.74, 6) is -0.958. The average Bonchev–Trinajstić information content (AvgIpc) is 2.79. The standard InChI is InChI=1S/C12H14BrFN2O2/c1-18-11-6-15-5-10(11)16-12(17)8-4-7(13)2-3-9(8)14/h2-4,10-11,15H,5-6H2,1H3,(H,16,17)/t10?,11-/m0/s1. The van der Waals surface area contributed by atoms with Crippen molar-refractivity contribution in [1.29, 1.82) is 0 Å². The fourth-order valence-electron chi connectivity index (χ4n) is 1.96. The highest BCUT2D eigenvalue weighted by molar-refractivity contribution is 9.10. The quantitative estimate of drug-likeness (QED) is 0.884. The lowest BCUT2D eigenvalue weighted by atomic mass is 10.1. The average molecular weight is 317 g/mol. The minimum atomic E-state index is -0.532. The molecule has 1 heterocycles. The monoisotopic (exact) mass is 316 g/mol. The van der Waals surface area contributed by atoms with Crippen molar-refractivity contribution < 1.29 is 13.9 Å². The van der Waals surface area contributed by atoms with Crippen LogP contribution in [0.5, 0.6) is 0 Å². The van der Waals surface area contributed by atoms with E-state index in [9.17, 15) is 9.18 Å². The van der Waals surface area contributed by atoms with Crippen LogP contribution in [0.3, 0.4) is 0 Å². The first-order valence-electron chi connectivity index (χ1n) is 5.61. The number of rotatable bonds is 3. The third kappa shape index (κ3) is 2.88. The van der Waals surface area contributed by atoms with E-state index < -0.39 is 11.7 Å². The van der Waals surface area contributed by atoms with E-state index in [0.717, 1.165) is 0 Å². The van der Waals surface area contributed by atoms with Gasteiger partial charge >= 0.3 is 0 Å². The second-order valence-electron chi connectivity index (χ2n) is 4.14. The molecule has 0 aliphatic carbocycles. The van der Waals surface area contributed by atoms with Crippen LogP contribution in [-0.2, 0) is 4.74 Å². The van der Waals surface area contributed by atoms with Crippen LogP contribution < -0.4 is 10.6 Å². The molecule has 2 rings (SSSR count). The summed E-state index contributed by atoms with van der Waals surface area (Å²) < 4.78 is 19.4. The van der Waals surface area contributed by atoms with Crippen molar-refractivity contribution in [2.75, 3.05) is 20.2 Å². The van der Waals surface area contributed by atoms with Gasteiger partial charge in [0.05, 0.1) is 17.7 Å². The number of nitrogens with one attached hydrogen (secondary N) is 2. The van der Waals surface area contributed by atoms with E-state index in [4.69, 9.17) is 4.74 Å². The van der Waals surface area contributed by atoms with E-state index in [1.807, 2.05) is 0 Å². The Hall–Kier alpha value is -0.980. The van der Waals surface area contributed by atoms with E-state index >= 15 is 0 Å². The number of ether oxygens (including phenoxy) is 1. The van der Waals surface area contributed by atoms with Crippen molar-refractivity contribution >= 4 is 21.8 Å². The number of carbonyl (C=O) groups excluding carboxylic acids is 1. The van der Waals surface area contributed by atoms with Crippen molar-refractivity contribution in [2.45, 2.75) is 12.1 Å². The number of carbonyl (C=O) groups is 1. The van der Waals surface area contributed by atoms with Crippen molar-refractivity contribution in [3.05, 3.63) is 34.1 Å². The van der Waals surface area contributed by atoms with Crippen molar-refractivity contribution in [2.24, 2.45) is 0 Å². The number of halogens is 2. The summed E-state index contributed by atoms with van der Waals surface area (Å²) >= 11 is 3.22. The first kappa shape index (κ1) is 13.5. The van der Waals surface area contributed by atoms with Crippen LogP contribution in [0.15, 0.2) is 22.7 Å². The summed E-state index contributed by atoms with van der Waals surface area (Å²) in [6, 6.07) is 4.15. The van der Waals surface area contributed by atoms with Gasteiger partial charge in [0, 0.05) is 24.7 Å². The van der Waals surface area contributed by atoms with Gasteiger partial charge in [-0.05, 0) is 18.2 Å². The molecule has 1 amide bonds. The van der Waals surface area contributed by atoms with Gasteiger partial charge in [0.1, 0.15) is 5.82 Å². The molecule has 1 aromatic rings. The molecule has 98 valence electrons. The zero-order valence-electron chi connectivity index (χ0n) is 9.87. The van der Waals surface area contributed by atoms with Crippen LogP contribution in [0.25, 0.3) is 0 Å². The van der Waals surface area contributed by atoms with E-state index in [0.29, 0.717) is 17.6 Å². The number of benzene rings is 1. The third-order valence-electron chi connectivity index (χ3n) is 2.95. The summed E-state index contributed by atoms with van der Waals surface area (Å²) in [6.45, 7) is 1.31. The molecule has 4 nitrogen and oxygen atoms in total. The van der Waals surface area contributed by atoms with Crippen LogP contribution in [0.2, 0.25) is 0 Å². The maximum absolute atomic E-state index is 13.5. The Morgan fingerprint density at radius 1 is 1.56 bits per heavy atom. The Labute approximate surface area is 113 Å². The van der Waals surface area contributed by atoms with E-state index in [1.54, 1.807) is 13.2 Å². The lowest BCUT2D eigenvalue weighted by Gasteiger charge is -2.18. The SMILES string of the molecule is CO[C@H]1CNCC1NC(=O)c1cc(Br)ccc1F. The van der Waals surface area contributed by atoms with Crippen LogP contribution in [0.1, 0.15) is 10.4 Å². The molecule has 0 aromatic heterocycles. The molecule has 0 radical (unpaired) electrons. The molecule has 1 unspecified atom stereocenters. The molecular weight excluding hydrogens is 303 g/mol. The fraction of sp³-hybridized carbons (Fsp3) is 0.417. The summed E-state index contributed by atoms with van der Waals surface area (Å²) in [5.41, 5.74) is 0.0335. The Morgan fingerprint density at radius 3 is 3.06 bits per heavy atom. The highest BCUT2D eigenvalue weighted by atomic mass is 79.9. The van der Waals surface area contributed by atoms with Crippen molar-refractivity contribution in [3.8, 4) is 0 Å². The Morgan fingerprint density at radius 2 is 2.33 bits per heavy atom. The Bertz CT molecular complexity index is 456. The molecule has 1 aliphatic rings. The van der Waals surface area contributed by atoms with Gasteiger partial charge in [-0.15, -0.1) is 0 Å². The molecule has 1 fully saturated rings. The Balaban J connectivity index is 2.09. The predicted octanol–water partition coefficient (Wildman–Crippen LogP) is 1.30. The second kappa shape index (κ2) is 5.77. The smallest absolute Gasteiger partial charge is 0.254 e. The highest BCUT2D eigenvalue weighted by Crippen LogP contribution is 2.16. The minimum Gasteiger partial charge on any atom is -0.378 e. The van der Waals surface area contributed by atoms with Crippen LogP contribution in [0.4, 0.5) is 4.39 Å². The number of methoxy groups -OCH3 is 1. The number of amides is 1. The predicted molar refractivity (Wildman–Crippen MR) is 69.0 cm³/mol. The number of hydrogen-bond donors (Lipinski definition) is 2. The van der Waals surface area contributed by atoms with E-state index in [-0.39, 0.29) is 17.7 Å². The van der Waals surface area contributed by atoms with Gasteiger partial charge in [-0.2, -0.15) is 0 Å². The molecule has 2 atom stereocenters. The van der Waals surface area contributed by atoms with Crippen LogP contribution in [0, 0.1) is 5.82 Å². The lowest BCUT2D eigenvalue weighted by molar-refractivity contribution is 0.0777. The van der Waals surface area contributed by atoms with E-state index in [2.05, 4.69) is 26.6 Å². The molecule has 0 spiro atoms. The highest BCUT2D eigenvalue weighted by Gasteiger charge is 2.29. The summed E-state index contributed by atoms with van der Waals surface area (Å²) in [5, 5.41) is 5.89. The molecule has 1 aliphatic heterocycles. The normalized spacial score (nSPS) is 23.1. The molecule has 1 aromatic carbocycles. The third-order valence-corrected chi connectivity index (χ3v) is 3.44. The van der Waals surface area contributed by atoms with Gasteiger partial charge in [0.2, 0.25) is 0 Å². The maximum Gasteiger partial charge on any atom is 0.254 e. The molecular formula is C12H14BrFN2O2. The van der Waals surface area contributed by atoms with Gasteiger partial charge in [-0.3, -0.25) is 4.79 Å². The first-order valence-corrected chi connectivity index (χ1v) is 6.40. The van der Waals surface area contributed by atoms with Gasteiger partial charge in [0.25, 0.3) is 5.91 Å². The maximum atomic E-state index is 13.5. The van der Waals surface area contributed by atoms with Gasteiger partial charge in [-0.25, -0.2) is 4.39 Å². The second-order valence-corrected chi connectivity index (χ2v) is 5.05. The number of hydrogen-bond acceptors (Lipinski definition) is 3. The molecule has 6 heteroatoms. The van der Waals surface area contributed by atoms with Crippen molar-refractivity contribution in [3.63, 3.8) is 0 Å². The summed E-state index contributed by atoms with van der Waals surface area (Å²) in [7, 11) is 1.59. The van der Waals surface area contributed by atoms with Gasteiger partial charge < -0.3 is 15.4 Å². The van der Waals surface area contributed by atoms with Crippen molar-refractivity contribution in [1.82, 2.24) is 10.6 Å². The molecule has 18 heavy (non-hydrogen) atoms. The molecule has 1 saturated heterocycles. The minimum absolute atomic E-state index is 0.0335. The molecule has 2 N–H and O–H groups in total. The molecule has 0 bridgehead atoms. The zero-order chi connectivity index (χ0) is 13.1. The summed E-state index contributed by atoms with van der Waals surface area (Å²) in [6.07, 6.45) is -0.0795.